The van der Waals surface area contributed by atoms with Gasteiger partial charge in [0.2, 0.25) is 0 Å². The minimum absolute atomic E-state index is 0.0859. The Morgan fingerprint density at radius 1 is 0.296 bits per heavy atom. The summed E-state index contributed by atoms with van der Waals surface area (Å²) in [6, 6.07) is 0. The fourth-order valence-electron chi connectivity index (χ4n) is 8.19. The average Bonchev–Trinajstić information content (AvgIpc) is 3.37. The van der Waals surface area contributed by atoms with Crippen LogP contribution in [0.25, 0.3) is 0 Å². The van der Waals surface area contributed by atoms with Crippen LogP contribution in [-0.4, -0.2) is 37.2 Å². The van der Waals surface area contributed by atoms with Gasteiger partial charge in [-0.25, -0.2) is 0 Å². The first-order valence-electron chi connectivity index (χ1n) is 29.7. The summed E-state index contributed by atoms with van der Waals surface area (Å²) in [6.45, 7) is 6.40. The third kappa shape index (κ3) is 57.1. The van der Waals surface area contributed by atoms with Gasteiger partial charge in [0.1, 0.15) is 13.2 Å². The van der Waals surface area contributed by atoms with Crippen LogP contribution < -0.4 is 0 Å². The Kier molecular flexibility index (Phi) is 55.9. The predicted octanol–water partition coefficient (Wildman–Crippen LogP) is 20.1. The zero-order chi connectivity index (χ0) is 51.4. The lowest BCUT2D eigenvalue weighted by Crippen LogP contribution is -2.30. The molecule has 6 heteroatoms. The van der Waals surface area contributed by atoms with Crippen LogP contribution in [0.1, 0.15) is 278 Å². The van der Waals surface area contributed by atoms with Crippen molar-refractivity contribution < 1.29 is 28.6 Å². The van der Waals surface area contributed by atoms with Gasteiger partial charge < -0.3 is 14.2 Å². The minimum atomic E-state index is -0.790. The minimum Gasteiger partial charge on any atom is -0.462 e. The Morgan fingerprint density at radius 2 is 0.549 bits per heavy atom. The van der Waals surface area contributed by atoms with E-state index in [0.29, 0.717) is 19.3 Å². The summed E-state index contributed by atoms with van der Waals surface area (Å²) in [6.07, 6.45) is 78.3. The van der Waals surface area contributed by atoms with Gasteiger partial charge in [0, 0.05) is 19.3 Å². The van der Waals surface area contributed by atoms with Crippen molar-refractivity contribution >= 4 is 17.9 Å². The highest BCUT2D eigenvalue weighted by atomic mass is 16.6. The van der Waals surface area contributed by atoms with E-state index in [1.807, 2.05) is 0 Å². The topological polar surface area (TPSA) is 78.9 Å². The number of hydrogen-bond donors (Lipinski definition) is 0. The normalized spacial score (nSPS) is 12.8. The Balaban J connectivity index is 4.30. The number of allylic oxidation sites excluding steroid dienone is 16. The number of esters is 3. The number of hydrogen-bond acceptors (Lipinski definition) is 6. The van der Waals surface area contributed by atoms with E-state index in [4.69, 9.17) is 14.2 Å². The van der Waals surface area contributed by atoms with Crippen LogP contribution in [0.5, 0.6) is 0 Å². The zero-order valence-electron chi connectivity index (χ0n) is 46.5. The van der Waals surface area contributed by atoms with Gasteiger partial charge in [0.15, 0.2) is 6.10 Å². The van der Waals surface area contributed by atoms with E-state index in [1.54, 1.807) is 0 Å². The number of ether oxygens (including phenoxy) is 3. The maximum atomic E-state index is 12.8. The summed E-state index contributed by atoms with van der Waals surface area (Å²) in [5.74, 6) is -0.907. The van der Waals surface area contributed by atoms with Crippen molar-refractivity contribution in [3.8, 4) is 0 Å². The Hall–Kier alpha value is -3.67. The molecule has 0 N–H and O–H groups in total. The molecule has 0 fully saturated rings. The molecule has 406 valence electrons. The summed E-state index contributed by atoms with van der Waals surface area (Å²) >= 11 is 0. The summed E-state index contributed by atoms with van der Waals surface area (Å²) < 4.78 is 16.9. The van der Waals surface area contributed by atoms with Gasteiger partial charge >= 0.3 is 17.9 Å². The highest BCUT2D eigenvalue weighted by Gasteiger charge is 2.19. The molecule has 0 spiro atoms. The molecule has 0 aromatic carbocycles. The molecule has 0 radical (unpaired) electrons. The van der Waals surface area contributed by atoms with Crippen molar-refractivity contribution in [3.63, 3.8) is 0 Å². The van der Waals surface area contributed by atoms with E-state index in [0.717, 1.165) is 122 Å². The molecule has 0 aliphatic heterocycles. The largest absolute Gasteiger partial charge is 0.462 e. The summed E-state index contributed by atoms with van der Waals surface area (Å²) in [5, 5.41) is 0. The molecule has 0 saturated carbocycles. The van der Waals surface area contributed by atoms with Crippen molar-refractivity contribution in [2.45, 2.75) is 284 Å². The van der Waals surface area contributed by atoms with E-state index < -0.39 is 6.10 Å². The third-order valence-corrected chi connectivity index (χ3v) is 12.6. The van der Waals surface area contributed by atoms with Crippen LogP contribution in [-0.2, 0) is 28.6 Å². The van der Waals surface area contributed by atoms with E-state index >= 15 is 0 Å². The molecule has 0 saturated heterocycles. The Bertz CT molecular complexity index is 1410. The van der Waals surface area contributed by atoms with Crippen molar-refractivity contribution in [1.82, 2.24) is 0 Å². The van der Waals surface area contributed by atoms with Gasteiger partial charge in [0.25, 0.3) is 0 Å². The number of rotatable bonds is 53. The Labute approximate surface area is 438 Å². The zero-order valence-corrected chi connectivity index (χ0v) is 46.5. The van der Waals surface area contributed by atoms with Crippen molar-refractivity contribution in [2.24, 2.45) is 0 Å². The smallest absolute Gasteiger partial charge is 0.306 e. The van der Waals surface area contributed by atoms with Crippen LogP contribution in [0.15, 0.2) is 97.2 Å². The first-order valence-corrected chi connectivity index (χ1v) is 29.7. The molecule has 1 atom stereocenters. The molecule has 0 aliphatic carbocycles. The monoisotopic (exact) mass is 987 g/mol. The van der Waals surface area contributed by atoms with E-state index in [-0.39, 0.29) is 31.1 Å². The highest BCUT2D eigenvalue weighted by molar-refractivity contribution is 5.71. The lowest BCUT2D eigenvalue weighted by molar-refractivity contribution is -0.167. The molecule has 0 aromatic heterocycles. The average molecular weight is 988 g/mol. The van der Waals surface area contributed by atoms with Crippen LogP contribution in [0, 0.1) is 0 Å². The molecule has 0 aliphatic rings. The molecule has 6 nitrogen and oxygen atoms in total. The molecule has 0 amide bonds. The van der Waals surface area contributed by atoms with Gasteiger partial charge in [0.05, 0.1) is 0 Å². The number of carbonyl (C=O) groups is 3. The quantitative estimate of drug-likeness (QED) is 0.0261. The maximum absolute atomic E-state index is 12.8. The van der Waals surface area contributed by atoms with Gasteiger partial charge in [-0.05, 0) is 96.3 Å². The summed E-state index contributed by atoms with van der Waals surface area (Å²) in [4.78, 5) is 38.2. The fourth-order valence-corrected chi connectivity index (χ4v) is 8.19. The van der Waals surface area contributed by atoms with Crippen molar-refractivity contribution in [3.05, 3.63) is 97.2 Å². The van der Waals surface area contributed by atoms with E-state index in [1.165, 1.54) is 116 Å². The number of carbonyl (C=O) groups excluding carboxylic acids is 3. The molecular weight excluding hydrogens is 877 g/mol. The van der Waals surface area contributed by atoms with Gasteiger partial charge in [-0.1, -0.05) is 259 Å². The second-order valence-electron chi connectivity index (χ2n) is 19.5. The predicted molar refractivity (Wildman–Crippen MR) is 307 cm³/mol. The van der Waals surface area contributed by atoms with Crippen LogP contribution in [0.4, 0.5) is 0 Å². The van der Waals surface area contributed by atoms with Gasteiger partial charge in [-0.15, -0.1) is 0 Å². The lowest BCUT2D eigenvalue weighted by atomic mass is 10.0. The second-order valence-corrected chi connectivity index (χ2v) is 19.5. The molecule has 0 aromatic rings. The van der Waals surface area contributed by atoms with Crippen molar-refractivity contribution in [2.75, 3.05) is 13.2 Å². The molecule has 1 unspecified atom stereocenters. The standard InChI is InChI=1S/C65H110O6/c1-4-7-10-13-16-19-22-24-26-28-29-30-31-32-33-34-35-37-38-40-43-46-49-52-55-58-64(67)70-61-62(60-69-63(66)57-54-51-48-45-42-21-18-15-12-9-6-3)71-65(68)59-56-53-50-47-44-41-39-36-27-25-23-20-17-14-11-8-5-2/h7-8,10-11,16-17,19-20,24-27,29-30,39,41,62H,4-6,9,12-15,18,21-23,28,31-38,40,42-61H2,1-3H3/b10-7-,11-8-,19-16-,20-17-,26-24-,27-25-,30-29-,41-39-. The van der Waals surface area contributed by atoms with Gasteiger partial charge in [-0.3, -0.25) is 14.4 Å². The SMILES string of the molecule is CC/C=C\C/C=C\C/C=C\C/C=C\CCCCCCCCCCCCCCC(=O)OCC(COC(=O)CCCCCCCCCCCCC)OC(=O)CCCCCC/C=C\C/C=C\C/C=C\C/C=C\CC. The first-order chi connectivity index (χ1) is 35.0. The first kappa shape index (κ1) is 67.3. The fraction of sp³-hybridized carbons (Fsp3) is 0.708. The van der Waals surface area contributed by atoms with Crippen LogP contribution in [0.3, 0.4) is 0 Å². The summed E-state index contributed by atoms with van der Waals surface area (Å²) in [7, 11) is 0. The third-order valence-electron chi connectivity index (χ3n) is 12.6. The van der Waals surface area contributed by atoms with E-state index in [2.05, 4.69) is 118 Å². The van der Waals surface area contributed by atoms with Gasteiger partial charge in [-0.2, -0.15) is 0 Å². The highest BCUT2D eigenvalue weighted by Crippen LogP contribution is 2.16. The number of unbranched alkanes of at least 4 members (excludes halogenated alkanes) is 26. The van der Waals surface area contributed by atoms with Crippen molar-refractivity contribution in [1.29, 1.82) is 0 Å². The Morgan fingerprint density at radius 3 is 0.859 bits per heavy atom. The molecular formula is C65H110O6. The van der Waals surface area contributed by atoms with Crippen LogP contribution >= 0.6 is 0 Å². The molecule has 71 heavy (non-hydrogen) atoms. The molecule has 0 bridgehead atoms. The lowest BCUT2D eigenvalue weighted by Gasteiger charge is -2.18. The summed E-state index contributed by atoms with van der Waals surface area (Å²) in [5.41, 5.74) is 0. The second kappa shape index (κ2) is 58.9. The van der Waals surface area contributed by atoms with E-state index in [9.17, 15) is 14.4 Å². The van der Waals surface area contributed by atoms with Crippen LogP contribution in [0.2, 0.25) is 0 Å². The maximum Gasteiger partial charge on any atom is 0.306 e. The molecule has 0 heterocycles. The molecule has 0 rings (SSSR count).